The average Bonchev–Trinajstić information content (AvgIpc) is 2.40. The van der Waals surface area contributed by atoms with Gasteiger partial charge in [-0.1, -0.05) is 36.4 Å². The van der Waals surface area contributed by atoms with Crippen LogP contribution in [0.2, 0.25) is 0 Å². The lowest BCUT2D eigenvalue weighted by Crippen LogP contribution is -2.14. The molecule has 0 bridgehead atoms. The van der Waals surface area contributed by atoms with Gasteiger partial charge in [-0.15, -0.1) is 0 Å². The lowest BCUT2D eigenvalue weighted by atomic mass is 10.0. The normalized spacial score (nSPS) is 12.4. The molecular formula is C14H17NO2. The van der Waals surface area contributed by atoms with Crippen LogP contribution in [0.5, 0.6) is 0 Å². The number of hydrogen-bond donors (Lipinski definition) is 1. The SMILES string of the molecule is C/C=C(/C=C(\CN)C(=O)OC)c1ccccc1. The number of esters is 1. The molecule has 0 aliphatic carbocycles. The van der Waals surface area contributed by atoms with Crippen LogP contribution in [-0.4, -0.2) is 19.6 Å². The van der Waals surface area contributed by atoms with Crippen molar-refractivity contribution in [3.63, 3.8) is 0 Å². The largest absolute Gasteiger partial charge is 0.466 e. The van der Waals surface area contributed by atoms with Crippen molar-refractivity contribution in [3.8, 4) is 0 Å². The Kier molecular flexibility index (Phi) is 5.17. The van der Waals surface area contributed by atoms with Crippen LogP contribution in [0, 0.1) is 0 Å². The Labute approximate surface area is 102 Å². The first-order valence-electron chi connectivity index (χ1n) is 5.43. The third-order valence-corrected chi connectivity index (χ3v) is 2.42. The van der Waals surface area contributed by atoms with Crippen LogP contribution in [0.15, 0.2) is 48.1 Å². The van der Waals surface area contributed by atoms with Crippen LogP contribution in [-0.2, 0) is 9.53 Å². The third kappa shape index (κ3) is 3.57. The smallest absolute Gasteiger partial charge is 0.335 e. The van der Waals surface area contributed by atoms with Crippen LogP contribution in [0.25, 0.3) is 5.57 Å². The lowest BCUT2D eigenvalue weighted by Gasteiger charge is -2.05. The van der Waals surface area contributed by atoms with Crippen LogP contribution in [0.1, 0.15) is 12.5 Å². The minimum Gasteiger partial charge on any atom is -0.466 e. The van der Waals surface area contributed by atoms with Crippen molar-refractivity contribution in [3.05, 3.63) is 53.6 Å². The average molecular weight is 231 g/mol. The molecule has 1 aromatic carbocycles. The van der Waals surface area contributed by atoms with E-state index < -0.39 is 0 Å². The zero-order chi connectivity index (χ0) is 12.7. The minimum atomic E-state index is -0.386. The first-order valence-corrected chi connectivity index (χ1v) is 5.43. The fraction of sp³-hybridized carbons (Fsp3) is 0.214. The van der Waals surface area contributed by atoms with Gasteiger partial charge in [-0.2, -0.15) is 0 Å². The Balaban J connectivity index is 3.05. The van der Waals surface area contributed by atoms with E-state index in [0.717, 1.165) is 11.1 Å². The standard InChI is InChI=1S/C14H17NO2/c1-3-11(12-7-5-4-6-8-12)9-13(10-15)14(16)17-2/h3-9H,10,15H2,1-2H3/b11-3-,13-9+. The van der Waals surface area contributed by atoms with Crippen molar-refractivity contribution < 1.29 is 9.53 Å². The van der Waals surface area contributed by atoms with Crippen molar-refractivity contribution in [2.45, 2.75) is 6.92 Å². The number of ether oxygens (including phenoxy) is 1. The van der Waals surface area contributed by atoms with Crippen molar-refractivity contribution >= 4 is 11.5 Å². The lowest BCUT2D eigenvalue weighted by molar-refractivity contribution is -0.136. The van der Waals surface area contributed by atoms with E-state index in [4.69, 9.17) is 5.73 Å². The molecule has 90 valence electrons. The molecule has 1 aromatic rings. The van der Waals surface area contributed by atoms with Crippen LogP contribution in [0.3, 0.4) is 0 Å². The molecule has 0 aliphatic rings. The van der Waals surface area contributed by atoms with Gasteiger partial charge < -0.3 is 10.5 Å². The molecule has 0 radical (unpaired) electrons. The topological polar surface area (TPSA) is 52.3 Å². The number of nitrogens with two attached hydrogens (primary N) is 1. The van der Waals surface area contributed by atoms with Crippen LogP contribution >= 0.6 is 0 Å². The summed E-state index contributed by atoms with van der Waals surface area (Å²) in [5, 5.41) is 0. The highest BCUT2D eigenvalue weighted by Gasteiger charge is 2.08. The summed E-state index contributed by atoms with van der Waals surface area (Å²) >= 11 is 0. The van der Waals surface area contributed by atoms with Gasteiger partial charge in [0.15, 0.2) is 0 Å². The van der Waals surface area contributed by atoms with Gasteiger partial charge in [0.25, 0.3) is 0 Å². The molecule has 3 nitrogen and oxygen atoms in total. The second kappa shape index (κ2) is 6.66. The summed E-state index contributed by atoms with van der Waals surface area (Å²) in [6.45, 7) is 2.08. The molecule has 0 aliphatic heterocycles. The molecule has 3 heteroatoms. The number of rotatable bonds is 4. The van der Waals surface area contributed by atoms with E-state index in [1.54, 1.807) is 6.08 Å². The highest BCUT2D eigenvalue weighted by Crippen LogP contribution is 2.17. The van der Waals surface area contributed by atoms with Gasteiger partial charge in [0, 0.05) is 6.54 Å². The van der Waals surface area contributed by atoms with Gasteiger partial charge in [0.2, 0.25) is 0 Å². The number of hydrogen-bond acceptors (Lipinski definition) is 3. The predicted octanol–water partition coefficient (Wildman–Crippen LogP) is 2.15. The Morgan fingerprint density at radius 1 is 1.35 bits per heavy atom. The summed E-state index contributed by atoms with van der Waals surface area (Å²) in [5.41, 5.74) is 8.00. The number of allylic oxidation sites excluding steroid dienone is 3. The van der Waals surface area contributed by atoms with Gasteiger partial charge in [-0.05, 0) is 24.1 Å². The molecule has 0 saturated heterocycles. The minimum absolute atomic E-state index is 0.164. The highest BCUT2D eigenvalue weighted by molar-refractivity contribution is 5.93. The maximum Gasteiger partial charge on any atom is 0.335 e. The number of carbonyl (C=O) groups is 1. The summed E-state index contributed by atoms with van der Waals surface area (Å²) in [6.07, 6.45) is 3.70. The van der Waals surface area contributed by atoms with Crippen molar-refractivity contribution in [1.29, 1.82) is 0 Å². The van der Waals surface area contributed by atoms with Gasteiger partial charge in [-0.3, -0.25) is 0 Å². The van der Waals surface area contributed by atoms with Crippen molar-refractivity contribution in [2.24, 2.45) is 5.73 Å². The molecule has 0 aromatic heterocycles. The molecule has 0 heterocycles. The van der Waals surface area contributed by atoms with E-state index >= 15 is 0 Å². The second-order valence-corrected chi connectivity index (χ2v) is 3.48. The van der Waals surface area contributed by atoms with Gasteiger partial charge >= 0.3 is 5.97 Å². The van der Waals surface area contributed by atoms with E-state index in [0.29, 0.717) is 5.57 Å². The fourth-order valence-electron chi connectivity index (χ4n) is 1.48. The van der Waals surface area contributed by atoms with E-state index in [2.05, 4.69) is 4.74 Å². The Morgan fingerprint density at radius 3 is 2.47 bits per heavy atom. The second-order valence-electron chi connectivity index (χ2n) is 3.48. The number of methoxy groups -OCH3 is 1. The first kappa shape index (κ1) is 13.2. The van der Waals surface area contributed by atoms with Crippen LogP contribution in [0.4, 0.5) is 0 Å². The van der Waals surface area contributed by atoms with Crippen LogP contribution < -0.4 is 5.73 Å². The van der Waals surface area contributed by atoms with E-state index in [1.165, 1.54) is 7.11 Å². The maximum absolute atomic E-state index is 11.4. The predicted molar refractivity (Wildman–Crippen MR) is 69.2 cm³/mol. The van der Waals surface area contributed by atoms with Crippen molar-refractivity contribution in [1.82, 2.24) is 0 Å². The summed E-state index contributed by atoms with van der Waals surface area (Å²) in [7, 11) is 1.35. The monoisotopic (exact) mass is 231 g/mol. The molecular weight excluding hydrogens is 214 g/mol. The first-order chi connectivity index (χ1) is 8.22. The van der Waals surface area contributed by atoms with Gasteiger partial charge in [0.1, 0.15) is 0 Å². The van der Waals surface area contributed by atoms with E-state index in [-0.39, 0.29) is 12.5 Å². The summed E-state index contributed by atoms with van der Waals surface area (Å²) in [6, 6.07) is 9.82. The van der Waals surface area contributed by atoms with E-state index in [1.807, 2.05) is 43.3 Å². The van der Waals surface area contributed by atoms with Gasteiger partial charge in [0.05, 0.1) is 12.7 Å². The molecule has 0 spiro atoms. The molecule has 0 saturated carbocycles. The zero-order valence-corrected chi connectivity index (χ0v) is 10.1. The fourth-order valence-corrected chi connectivity index (χ4v) is 1.48. The Morgan fingerprint density at radius 2 is 2.00 bits per heavy atom. The molecule has 0 unspecified atom stereocenters. The highest BCUT2D eigenvalue weighted by atomic mass is 16.5. The quantitative estimate of drug-likeness (QED) is 0.490. The zero-order valence-electron chi connectivity index (χ0n) is 10.1. The number of benzene rings is 1. The molecule has 1 rings (SSSR count). The third-order valence-electron chi connectivity index (χ3n) is 2.42. The Hall–Kier alpha value is -1.87. The summed E-state index contributed by atoms with van der Waals surface area (Å²) < 4.78 is 4.67. The Bertz CT molecular complexity index is 433. The maximum atomic E-state index is 11.4. The molecule has 2 N–H and O–H groups in total. The molecule has 17 heavy (non-hydrogen) atoms. The molecule has 0 atom stereocenters. The van der Waals surface area contributed by atoms with E-state index in [9.17, 15) is 4.79 Å². The number of carbonyl (C=O) groups excluding carboxylic acids is 1. The summed E-state index contributed by atoms with van der Waals surface area (Å²) in [5.74, 6) is -0.386. The molecule has 0 amide bonds. The summed E-state index contributed by atoms with van der Waals surface area (Å²) in [4.78, 5) is 11.4. The molecule has 0 fully saturated rings. The van der Waals surface area contributed by atoms with Crippen molar-refractivity contribution in [2.75, 3.05) is 13.7 Å². The van der Waals surface area contributed by atoms with Gasteiger partial charge in [-0.25, -0.2) is 4.79 Å².